The van der Waals surface area contributed by atoms with Gasteiger partial charge in [-0.2, -0.15) is 0 Å². The minimum atomic E-state index is 0.135. The largest absolute Gasteiger partial charge is 0.349 e. The molecule has 2 nitrogen and oxygen atoms in total. The molecule has 1 amide bonds. The van der Waals surface area contributed by atoms with Crippen LogP contribution in [0.2, 0.25) is 0 Å². The number of carbonyl (C=O) groups is 1. The Balaban J connectivity index is 1.68. The standard InChI is InChI=1S/C19H27NO/c1-19(2,3)12-17(13-7-5-4-6-8-13)20-18(21)16-10-14-9-15(14)11-16/h4-8,14-17H,9-12H2,1-3H3,(H,20,21). The number of hydrogen-bond donors (Lipinski definition) is 1. The minimum Gasteiger partial charge on any atom is -0.349 e. The molecule has 2 aliphatic carbocycles. The molecule has 2 heteroatoms. The Kier molecular flexibility index (Phi) is 3.81. The smallest absolute Gasteiger partial charge is 0.223 e. The van der Waals surface area contributed by atoms with Crippen molar-refractivity contribution in [3.05, 3.63) is 35.9 Å². The van der Waals surface area contributed by atoms with E-state index >= 15 is 0 Å². The summed E-state index contributed by atoms with van der Waals surface area (Å²) in [4.78, 5) is 12.6. The number of hydrogen-bond acceptors (Lipinski definition) is 1. The number of amides is 1. The lowest BCUT2D eigenvalue weighted by molar-refractivity contribution is -0.126. The Labute approximate surface area is 128 Å². The van der Waals surface area contributed by atoms with Gasteiger partial charge in [0.05, 0.1) is 6.04 Å². The summed E-state index contributed by atoms with van der Waals surface area (Å²) in [5, 5.41) is 3.33. The molecule has 2 fully saturated rings. The molecule has 3 unspecified atom stereocenters. The fraction of sp³-hybridized carbons (Fsp3) is 0.632. The molecule has 0 aliphatic heterocycles. The van der Waals surface area contributed by atoms with Crippen LogP contribution in [0.25, 0.3) is 0 Å². The van der Waals surface area contributed by atoms with Crippen molar-refractivity contribution in [3.8, 4) is 0 Å². The molecule has 2 saturated carbocycles. The molecule has 0 radical (unpaired) electrons. The SMILES string of the molecule is CC(C)(C)CC(NC(=O)C1CC2CC2C1)c1ccccc1. The van der Waals surface area contributed by atoms with E-state index in [1.807, 2.05) is 6.07 Å². The van der Waals surface area contributed by atoms with Crippen molar-refractivity contribution < 1.29 is 4.79 Å². The molecular weight excluding hydrogens is 258 g/mol. The Hall–Kier alpha value is -1.31. The van der Waals surface area contributed by atoms with Crippen LogP contribution < -0.4 is 5.32 Å². The van der Waals surface area contributed by atoms with Crippen LogP contribution in [0.4, 0.5) is 0 Å². The van der Waals surface area contributed by atoms with Gasteiger partial charge in [0.25, 0.3) is 0 Å². The van der Waals surface area contributed by atoms with Crippen molar-refractivity contribution in [2.24, 2.45) is 23.2 Å². The van der Waals surface area contributed by atoms with Crippen molar-refractivity contribution in [2.75, 3.05) is 0 Å². The lowest BCUT2D eigenvalue weighted by Gasteiger charge is -2.28. The normalized spacial score (nSPS) is 28.8. The highest BCUT2D eigenvalue weighted by Gasteiger charge is 2.48. The Bertz CT molecular complexity index is 492. The molecule has 21 heavy (non-hydrogen) atoms. The van der Waals surface area contributed by atoms with Crippen molar-refractivity contribution in [1.29, 1.82) is 0 Å². The summed E-state index contributed by atoms with van der Waals surface area (Å²) < 4.78 is 0. The summed E-state index contributed by atoms with van der Waals surface area (Å²) in [6.45, 7) is 6.71. The van der Waals surface area contributed by atoms with Crippen LogP contribution in [0, 0.1) is 23.2 Å². The van der Waals surface area contributed by atoms with E-state index in [0.29, 0.717) is 0 Å². The van der Waals surface area contributed by atoms with Gasteiger partial charge in [0.2, 0.25) is 5.91 Å². The molecular formula is C19H27NO. The molecule has 0 bridgehead atoms. The second kappa shape index (κ2) is 5.47. The zero-order valence-corrected chi connectivity index (χ0v) is 13.4. The van der Waals surface area contributed by atoms with Crippen molar-refractivity contribution in [2.45, 2.75) is 52.5 Å². The van der Waals surface area contributed by atoms with Gasteiger partial charge in [-0.1, -0.05) is 51.1 Å². The van der Waals surface area contributed by atoms with Gasteiger partial charge in [-0.25, -0.2) is 0 Å². The Morgan fingerprint density at radius 1 is 1.14 bits per heavy atom. The minimum absolute atomic E-state index is 0.135. The monoisotopic (exact) mass is 285 g/mol. The average molecular weight is 285 g/mol. The van der Waals surface area contributed by atoms with Gasteiger partial charge >= 0.3 is 0 Å². The van der Waals surface area contributed by atoms with Crippen LogP contribution >= 0.6 is 0 Å². The van der Waals surface area contributed by atoms with Gasteiger partial charge in [-0.05, 0) is 48.5 Å². The lowest BCUT2D eigenvalue weighted by Crippen LogP contribution is -2.35. The predicted molar refractivity (Wildman–Crippen MR) is 85.7 cm³/mol. The second-order valence-electron chi connectivity index (χ2n) is 8.16. The number of nitrogens with one attached hydrogen (secondary N) is 1. The van der Waals surface area contributed by atoms with E-state index in [1.54, 1.807) is 0 Å². The number of carbonyl (C=O) groups excluding carboxylic acids is 1. The fourth-order valence-electron chi connectivity index (χ4n) is 3.77. The van der Waals surface area contributed by atoms with Gasteiger partial charge in [-0.15, -0.1) is 0 Å². The maximum Gasteiger partial charge on any atom is 0.223 e. The van der Waals surface area contributed by atoms with E-state index < -0.39 is 0 Å². The van der Waals surface area contributed by atoms with Gasteiger partial charge in [0.1, 0.15) is 0 Å². The quantitative estimate of drug-likeness (QED) is 0.876. The van der Waals surface area contributed by atoms with E-state index in [0.717, 1.165) is 31.1 Å². The zero-order valence-electron chi connectivity index (χ0n) is 13.4. The Morgan fingerprint density at radius 2 is 1.76 bits per heavy atom. The summed E-state index contributed by atoms with van der Waals surface area (Å²) in [6.07, 6.45) is 4.58. The van der Waals surface area contributed by atoms with E-state index in [9.17, 15) is 4.79 Å². The molecule has 0 saturated heterocycles. The number of benzene rings is 1. The van der Waals surface area contributed by atoms with E-state index in [-0.39, 0.29) is 23.3 Å². The van der Waals surface area contributed by atoms with Crippen LogP contribution in [0.5, 0.6) is 0 Å². The molecule has 1 N–H and O–H groups in total. The first-order chi connectivity index (χ1) is 9.92. The highest BCUT2D eigenvalue weighted by molar-refractivity contribution is 5.79. The van der Waals surface area contributed by atoms with E-state index in [2.05, 4.69) is 50.4 Å². The molecule has 114 valence electrons. The maximum atomic E-state index is 12.6. The van der Waals surface area contributed by atoms with Crippen LogP contribution in [0.15, 0.2) is 30.3 Å². The first-order valence-corrected chi connectivity index (χ1v) is 8.28. The molecule has 3 rings (SSSR count). The predicted octanol–water partition coefficient (Wildman–Crippen LogP) is 4.33. The first-order valence-electron chi connectivity index (χ1n) is 8.28. The van der Waals surface area contributed by atoms with Gasteiger partial charge in [0.15, 0.2) is 0 Å². The number of fused-ring (bicyclic) bond motifs is 1. The molecule has 1 aromatic carbocycles. The molecule has 0 aromatic heterocycles. The first kappa shape index (κ1) is 14.6. The molecule has 0 spiro atoms. The second-order valence-corrected chi connectivity index (χ2v) is 8.16. The van der Waals surface area contributed by atoms with Gasteiger partial charge in [-0.3, -0.25) is 4.79 Å². The summed E-state index contributed by atoms with van der Waals surface area (Å²) in [5.41, 5.74) is 1.43. The van der Waals surface area contributed by atoms with Gasteiger partial charge < -0.3 is 5.32 Å². The summed E-state index contributed by atoms with van der Waals surface area (Å²) in [5.74, 6) is 2.26. The van der Waals surface area contributed by atoms with Crippen molar-refractivity contribution in [3.63, 3.8) is 0 Å². The third kappa shape index (κ3) is 3.66. The van der Waals surface area contributed by atoms with Crippen LogP contribution in [-0.2, 0) is 4.79 Å². The summed E-state index contributed by atoms with van der Waals surface area (Å²) >= 11 is 0. The van der Waals surface area contributed by atoms with E-state index in [4.69, 9.17) is 0 Å². The third-order valence-electron chi connectivity index (χ3n) is 4.95. The highest BCUT2D eigenvalue weighted by atomic mass is 16.1. The van der Waals surface area contributed by atoms with Crippen LogP contribution in [-0.4, -0.2) is 5.91 Å². The molecule has 0 heterocycles. The molecule has 2 aliphatic rings. The van der Waals surface area contributed by atoms with Gasteiger partial charge in [0, 0.05) is 5.92 Å². The lowest BCUT2D eigenvalue weighted by atomic mass is 9.85. The number of rotatable bonds is 4. The third-order valence-corrected chi connectivity index (χ3v) is 4.95. The van der Waals surface area contributed by atoms with Crippen LogP contribution in [0.3, 0.4) is 0 Å². The van der Waals surface area contributed by atoms with Crippen molar-refractivity contribution >= 4 is 5.91 Å². The van der Waals surface area contributed by atoms with Crippen molar-refractivity contribution in [1.82, 2.24) is 5.32 Å². The summed E-state index contributed by atoms with van der Waals surface area (Å²) in [6, 6.07) is 10.5. The topological polar surface area (TPSA) is 29.1 Å². The Morgan fingerprint density at radius 3 is 2.33 bits per heavy atom. The molecule has 3 atom stereocenters. The highest BCUT2D eigenvalue weighted by Crippen LogP contribution is 2.54. The maximum absolute atomic E-state index is 12.6. The zero-order chi connectivity index (χ0) is 15.0. The van der Waals surface area contributed by atoms with Crippen LogP contribution in [0.1, 0.15) is 58.1 Å². The van der Waals surface area contributed by atoms with E-state index in [1.165, 1.54) is 12.0 Å². The summed E-state index contributed by atoms with van der Waals surface area (Å²) in [7, 11) is 0. The molecule has 1 aromatic rings. The average Bonchev–Trinajstić information content (AvgIpc) is 3.04. The fourth-order valence-corrected chi connectivity index (χ4v) is 3.77.